The highest BCUT2D eigenvalue weighted by molar-refractivity contribution is 7.10. The second-order valence-corrected chi connectivity index (χ2v) is 6.52. The van der Waals surface area contributed by atoms with E-state index >= 15 is 0 Å². The molecule has 4 nitrogen and oxygen atoms in total. The van der Waals surface area contributed by atoms with Crippen molar-refractivity contribution in [3.8, 4) is 11.3 Å². The van der Waals surface area contributed by atoms with Gasteiger partial charge in [0.1, 0.15) is 5.82 Å². The van der Waals surface area contributed by atoms with Crippen molar-refractivity contribution >= 4 is 22.9 Å². The van der Waals surface area contributed by atoms with E-state index in [1.807, 2.05) is 7.05 Å². The van der Waals surface area contributed by atoms with Gasteiger partial charge in [-0.15, -0.1) is 11.3 Å². The van der Waals surface area contributed by atoms with Gasteiger partial charge in [-0.25, -0.2) is 4.39 Å². The number of carbonyl (C=O) groups excluding carboxylic acids is 1. The number of aromatic nitrogens is 2. The molecule has 1 aromatic carbocycles. The Hall–Kier alpha value is -2.47. The molecule has 0 saturated carbocycles. The third-order valence-corrected chi connectivity index (χ3v) is 5.03. The smallest absolute Gasteiger partial charge is 0.276 e. The maximum Gasteiger partial charge on any atom is 0.276 e. The van der Waals surface area contributed by atoms with E-state index in [9.17, 15) is 9.18 Å². The lowest BCUT2D eigenvalue weighted by molar-refractivity contribution is 0.102. The Morgan fingerprint density at radius 1 is 1.35 bits per heavy atom. The van der Waals surface area contributed by atoms with Gasteiger partial charge in [0.05, 0.1) is 5.69 Å². The molecule has 0 atom stereocenters. The lowest BCUT2D eigenvalue weighted by Crippen LogP contribution is -2.15. The normalized spacial score (nSPS) is 12.6. The number of thiophene rings is 1. The van der Waals surface area contributed by atoms with Crippen molar-refractivity contribution in [1.82, 2.24) is 9.78 Å². The summed E-state index contributed by atoms with van der Waals surface area (Å²) >= 11 is 1.74. The van der Waals surface area contributed by atoms with Crippen LogP contribution in [0.1, 0.15) is 20.9 Å². The molecular formula is C17H14FN3OS. The number of nitrogens with zero attached hydrogens (tertiary/aromatic N) is 2. The van der Waals surface area contributed by atoms with Crippen molar-refractivity contribution in [2.24, 2.45) is 7.05 Å². The second kappa shape index (κ2) is 5.31. The van der Waals surface area contributed by atoms with E-state index in [0.29, 0.717) is 11.4 Å². The van der Waals surface area contributed by atoms with Gasteiger partial charge in [0.2, 0.25) is 0 Å². The monoisotopic (exact) mass is 327 g/mol. The molecule has 23 heavy (non-hydrogen) atoms. The minimum absolute atomic E-state index is 0.300. The van der Waals surface area contributed by atoms with Crippen LogP contribution in [0.15, 0.2) is 35.7 Å². The van der Waals surface area contributed by atoms with Crippen LogP contribution in [0.25, 0.3) is 11.3 Å². The number of nitrogens with one attached hydrogen (secondary N) is 1. The van der Waals surface area contributed by atoms with Crippen LogP contribution in [-0.4, -0.2) is 15.7 Å². The Balaban J connectivity index is 1.71. The maximum absolute atomic E-state index is 13.3. The maximum atomic E-state index is 13.3. The number of aryl methyl sites for hydroxylation is 2. The summed E-state index contributed by atoms with van der Waals surface area (Å²) < 4.78 is 15.0. The summed E-state index contributed by atoms with van der Waals surface area (Å²) in [7, 11) is 1.85. The molecule has 2 aromatic heterocycles. The predicted molar refractivity (Wildman–Crippen MR) is 88.3 cm³/mol. The summed E-state index contributed by atoms with van der Waals surface area (Å²) in [5, 5.41) is 9.20. The molecule has 0 fully saturated rings. The first-order chi connectivity index (χ1) is 11.1. The molecule has 1 amide bonds. The summed E-state index contributed by atoms with van der Waals surface area (Å²) in [6, 6.07) is 7.94. The van der Waals surface area contributed by atoms with E-state index in [4.69, 9.17) is 0 Å². The zero-order valence-electron chi connectivity index (χ0n) is 12.5. The van der Waals surface area contributed by atoms with Gasteiger partial charge in [0, 0.05) is 28.7 Å². The lowest BCUT2D eigenvalue weighted by atomic mass is 9.94. The number of carbonyl (C=O) groups is 1. The number of amides is 1. The lowest BCUT2D eigenvalue weighted by Gasteiger charge is -2.13. The molecule has 3 aromatic rings. The SMILES string of the molecule is Cn1nc(C(=O)Nc2cccc(F)c2)c2c1-c1ccsc1CC2. The molecule has 0 bridgehead atoms. The van der Waals surface area contributed by atoms with Crippen molar-refractivity contribution in [2.45, 2.75) is 12.8 Å². The Labute approximate surface area is 136 Å². The van der Waals surface area contributed by atoms with E-state index in [2.05, 4.69) is 21.9 Å². The fourth-order valence-electron chi connectivity index (χ4n) is 3.06. The standard InChI is InChI=1S/C17H14FN3OS/c1-21-16-12-7-8-23-14(12)6-5-13(16)15(20-21)17(22)19-11-4-2-3-10(18)9-11/h2-4,7-9H,5-6H2,1H3,(H,19,22). The van der Waals surface area contributed by atoms with E-state index in [-0.39, 0.29) is 11.7 Å². The summed E-state index contributed by atoms with van der Waals surface area (Å²) in [4.78, 5) is 13.9. The molecule has 0 radical (unpaired) electrons. The van der Waals surface area contributed by atoms with Gasteiger partial charge in [-0.2, -0.15) is 5.10 Å². The van der Waals surface area contributed by atoms with E-state index in [0.717, 1.165) is 29.7 Å². The molecule has 0 saturated heterocycles. The van der Waals surface area contributed by atoms with Crippen LogP contribution >= 0.6 is 11.3 Å². The Bertz CT molecular complexity index is 912. The fraction of sp³-hybridized carbons (Fsp3) is 0.176. The summed E-state index contributed by atoms with van der Waals surface area (Å²) in [6.45, 7) is 0. The zero-order valence-corrected chi connectivity index (χ0v) is 13.3. The molecule has 0 spiro atoms. The first-order valence-electron chi connectivity index (χ1n) is 7.33. The number of rotatable bonds is 2. The summed E-state index contributed by atoms with van der Waals surface area (Å²) in [5.41, 5.74) is 3.99. The number of benzene rings is 1. The van der Waals surface area contributed by atoms with Crippen molar-refractivity contribution in [1.29, 1.82) is 0 Å². The van der Waals surface area contributed by atoms with Crippen molar-refractivity contribution < 1.29 is 9.18 Å². The van der Waals surface area contributed by atoms with Crippen molar-refractivity contribution in [3.63, 3.8) is 0 Å². The summed E-state index contributed by atoms with van der Waals surface area (Å²) in [5.74, 6) is -0.681. The highest BCUT2D eigenvalue weighted by atomic mass is 32.1. The molecule has 1 aliphatic carbocycles. The number of anilines is 1. The number of fused-ring (bicyclic) bond motifs is 3. The van der Waals surface area contributed by atoms with Crippen LogP contribution in [0, 0.1) is 5.82 Å². The van der Waals surface area contributed by atoms with E-state index in [1.54, 1.807) is 28.2 Å². The second-order valence-electron chi connectivity index (χ2n) is 5.52. The van der Waals surface area contributed by atoms with Gasteiger partial charge in [0.25, 0.3) is 5.91 Å². The highest BCUT2D eigenvalue weighted by Crippen LogP contribution is 2.37. The average molecular weight is 327 g/mol. The fourth-order valence-corrected chi connectivity index (χ4v) is 3.94. The molecule has 2 heterocycles. The average Bonchev–Trinajstić information content (AvgIpc) is 3.11. The van der Waals surface area contributed by atoms with Gasteiger partial charge in [-0.05, 0) is 42.5 Å². The van der Waals surface area contributed by atoms with Gasteiger partial charge >= 0.3 is 0 Å². The molecule has 1 aliphatic rings. The third kappa shape index (κ3) is 2.35. The van der Waals surface area contributed by atoms with Crippen LogP contribution in [-0.2, 0) is 19.9 Å². The van der Waals surface area contributed by atoms with E-state index < -0.39 is 0 Å². The number of hydrogen-bond acceptors (Lipinski definition) is 3. The van der Waals surface area contributed by atoms with Crippen molar-refractivity contribution in [3.05, 3.63) is 57.7 Å². The Morgan fingerprint density at radius 3 is 3.04 bits per heavy atom. The van der Waals surface area contributed by atoms with Gasteiger partial charge in [-0.1, -0.05) is 6.07 Å². The predicted octanol–water partition coefficient (Wildman–Crippen LogP) is 3.64. The molecule has 116 valence electrons. The molecular weight excluding hydrogens is 313 g/mol. The zero-order chi connectivity index (χ0) is 16.0. The molecule has 4 rings (SSSR count). The molecule has 0 unspecified atom stereocenters. The van der Waals surface area contributed by atoms with Gasteiger partial charge in [0.15, 0.2) is 5.69 Å². The largest absolute Gasteiger partial charge is 0.320 e. The number of halogens is 1. The third-order valence-electron chi connectivity index (χ3n) is 4.05. The van der Waals surface area contributed by atoms with Gasteiger partial charge < -0.3 is 5.32 Å². The first-order valence-corrected chi connectivity index (χ1v) is 8.21. The topological polar surface area (TPSA) is 46.9 Å². The quantitative estimate of drug-likeness (QED) is 0.781. The van der Waals surface area contributed by atoms with Crippen LogP contribution in [0.4, 0.5) is 10.1 Å². The Kier molecular flexibility index (Phi) is 3.27. The van der Waals surface area contributed by atoms with Crippen LogP contribution in [0.2, 0.25) is 0 Å². The first kappa shape index (κ1) is 14.1. The minimum atomic E-state index is -0.381. The molecule has 1 N–H and O–H groups in total. The van der Waals surface area contributed by atoms with Gasteiger partial charge in [-0.3, -0.25) is 9.48 Å². The minimum Gasteiger partial charge on any atom is -0.320 e. The van der Waals surface area contributed by atoms with Crippen LogP contribution in [0.5, 0.6) is 0 Å². The molecule has 6 heteroatoms. The highest BCUT2D eigenvalue weighted by Gasteiger charge is 2.27. The molecule has 0 aliphatic heterocycles. The van der Waals surface area contributed by atoms with Crippen molar-refractivity contribution in [2.75, 3.05) is 5.32 Å². The number of hydrogen-bond donors (Lipinski definition) is 1. The van der Waals surface area contributed by atoms with Crippen LogP contribution < -0.4 is 5.32 Å². The van der Waals surface area contributed by atoms with E-state index in [1.165, 1.54) is 17.0 Å². The summed E-state index contributed by atoms with van der Waals surface area (Å²) in [6.07, 6.45) is 1.72. The Morgan fingerprint density at radius 2 is 2.22 bits per heavy atom. The van der Waals surface area contributed by atoms with Crippen LogP contribution in [0.3, 0.4) is 0 Å².